The van der Waals surface area contributed by atoms with Gasteiger partial charge in [0.2, 0.25) is 0 Å². The van der Waals surface area contributed by atoms with E-state index in [9.17, 15) is 4.79 Å². The van der Waals surface area contributed by atoms with E-state index in [0.29, 0.717) is 25.6 Å². The van der Waals surface area contributed by atoms with Gasteiger partial charge in [-0.1, -0.05) is 0 Å². The highest BCUT2D eigenvalue weighted by atomic mass is 16.5. The van der Waals surface area contributed by atoms with Crippen molar-refractivity contribution in [1.29, 1.82) is 0 Å². The van der Waals surface area contributed by atoms with Gasteiger partial charge in [0.1, 0.15) is 0 Å². The molecule has 0 bridgehead atoms. The van der Waals surface area contributed by atoms with Crippen LogP contribution in [0.5, 0.6) is 0 Å². The molecule has 1 rings (SSSR count). The SMILES string of the molecule is CCOC(=O)CCC(N)CC1CCC(C)O1. The van der Waals surface area contributed by atoms with Crippen LogP contribution in [0, 0.1) is 0 Å². The Kier molecular flexibility index (Phi) is 5.77. The fraction of sp³-hybridized carbons (Fsp3) is 0.917. The third-order valence-electron chi connectivity index (χ3n) is 2.91. The third kappa shape index (κ3) is 4.94. The van der Waals surface area contributed by atoms with E-state index in [0.717, 1.165) is 19.3 Å². The van der Waals surface area contributed by atoms with Crippen LogP contribution in [0.4, 0.5) is 0 Å². The van der Waals surface area contributed by atoms with Crippen molar-refractivity contribution in [2.45, 2.75) is 64.2 Å². The highest BCUT2D eigenvalue weighted by Crippen LogP contribution is 2.23. The number of carbonyl (C=O) groups is 1. The maximum Gasteiger partial charge on any atom is 0.305 e. The predicted octanol–water partition coefficient (Wildman–Crippen LogP) is 1.61. The minimum absolute atomic E-state index is 0.0414. The van der Waals surface area contributed by atoms with Crippen molar-refractivity contribution >= 4 is 5.97 Å². The van der Waals surface area contributed by atoms with Crippen molar-refractivity contribution in [1.82, 2.24) is 0 Å². The molecule has 3 unspecified atom stereocenters. The first-order valence-electron chi connectivity index (χ1n) is 6.18. The summed E-state index contributed by atoms with van der Waals surface area (Å²) in [6.07, 6.45) is 4.81. The second-order valence-corrected chi connectivity index (χ2v) is 4.49. The second-order valence-electron chi connectivity index (χ2n) is 4.49. The molecule has 0 aromatic rings. The minimum Gasteiger partial charge on any atom is -0.466 e. The lowest BCUT2D eigenvalue weighted by Gasteiger charge is -2.16. The summed E-state index contributed by atoms with van der Waals surface area (Å²) in [6, 6.07) is 0.0414. The lowest BCUT2D eigenvalue weighted by Crippen LogP contribution is -2.27. The number of rotatable bonds is 6. The normalized spacial score (nSPS) is 26.7. The Morgan fingerprint density at radius 3 is 2.88 bits per heavy atom. The molecule has 0 saturated carbocycles. The van der Waals surface area contributed by atoms with Crippen LogP contribution in [0.15, 0.2) is 0 Å². The zero-order chi connectivity index (χ0) is 12.0. The number of hydrogen-bond acceptors (Lipinski definition) is 4. The van der Waals surface area contributed by atoms with Gasteiger partial charge >= 0.3 is 5.97 Å². The van der Waals surface area contributed by atoms with Crippen LogP contribution in [0.25, 0.3) is 0 Å². The van der Waals surface area contributed by atoms with Gasteiger partial charge in [-0.3, -0.25) is 4.79 Å². The van der Waals surface area contributed by atoms with Crippen LogP contribution in [0.2, 0.25) is 0 Å². The Hall–Kier alpha value is -0.610. The van der Waals surface area contributed by atoms with E-state index in [2.05, 4.69) is 6.92 Å². The van der Waals surface area contributed by atoms with Crippen molar-refractivity contribution in [3.05, 3.63) is 0 Å². The molecule has 2 N–H and O–H groups in total. The van der Waals surface area contributed by atoms with Crippen LogP contribution in [-0.2, 0) is 14.3 Å². The summed E-state index contributed by atoms with van der Waals surface area (Å²) in [4.78, 5) is 11.1. The van der Waals surface area contributed by atoms with Gasteiger partial charge < -0.3 is 15.2 Å². The monoisotopic (exact) mass is 229 g/mol. The van der Waals surface area contributed by atoms with Gasteiger partial charge in [-0.15, -0.1) is 0 Å². The number of esters is 1. The molecule has 0 spiro atoms. The highest BCUT2D eigenvalue weighted by molar-refractivity contribution is 5.69. The minimum atomic E-state index is -0.154. The molecule has 16 heavy (non-hydrogen) atoms. The van der Waals surface area contributed by atoms with Crippen molar-refractivity contribution in [2.24, 2.45) is 5.73 Å². The highest BCUT2D eigenvalue weighted by Gasteiger charge is 2.23. The third-order valence-corrected chi connectivity index (χ3v) is 2.91. The van der Waals surface area contributed by atoms with E-state index in [4.69, 9.17) is 15.2 Å². The largest absolute Gasteiger partial charge is 0.466 e. The van der Waals surface area contributed by atoms with Crippen LogP contribution in [0.3, 0.4) is 0 Å². The van der Waals surface area contributed by atoms with E-state index in [1.807, 2.05) is 6.92 Å². The summed E-state index contributed by atoms with van der Waals surface area (Å²) in [5, 5.41) is 0. The molecule has 94 valence electrons. The quantitative estimate of drug-likeness (QED) is 0.703. The van der Waals surface area contributed by atoms with E-state index in [-0.39, 0.29) is 18.1 Å². The van der Waals surface area contributed by atoms with Crippen molar-refractivity contribution in [3.8, 4) is 0 Å². The average molecular weight is 229 g/mol. The van der Waals surface area contributed by atoms with Crippen molar-refractivity contribution < 1.29 is 14.3 Å². The van der Waals surface area contributed by atoms with Gasteiger partial charge in [0.25, 0.3) is 0 Å². The molecule has 1 aliphatic rings. The predicted molar refractivity (Wildman–Crippen MR) is 62.0 cm³/mol. The molecule has 3 atom stereocenters. The number of carbonyl (C=O) groups excluding carboxylic acids is 1. The molecule has 0 aromatic carbocycles. The van der Waals surface area contributed by atoms with Gasteiger partial charge in [-0.05, 0) is 39.5 Å². The van der Waals surface area contributed by atoms with Gasteiger partial charge in [0.15, 0.2) is 0 Å². The Morgan fingerprint density at radius 1 is 1.56 bits per heavy atom. The van der Waals surface area contributed by atoms with E-state index < -0.39 is 0 Å². The fourth-order valence-electron chi connectivity index (χ4n) is 2.05. The molecule has 4 nitrogen and oxygen atoms in total. The smallest absolute Gasteiger partial charge is 0.305 e. The number of hydrogen-bond donors (Lipinski definition) is 1. The molecular formula is C12H23NO3. The van der Waals surface area contributed by atoms with Crippen LogP contribution in [-0.4, -0.2) is 30.8 Å². The molecule has 0 amide bonds. The average Bonchev–Trinajstić information content (AvgIpc) is 2.61. The molecule has 0 aliphatic carbocycles. The first kappa shape index (κ1) is 13.5. The summed E-state index contributed by atoms with van der Waals surface area (Å²) in [5.74, 6) is -0.154. The molecule has 1 saturated heterocycles. The molecular weight excluding hydrogens is 206 g/mol. The molecule has 4 heteroatoms. The molecule has 1 fully saturated rings. The second kappa shape index (κ2) is 6.86. The summed E-state index contributed by atoms with van der Waals surface area (Å²) >= 11 is 0. The first-order chi connectivity index (χ1) is 7.61. The Morgan fingerprint density at radius 2 is 2.31 bits per heavy atom. The zero-order valence-electron chi connectivity index (χ0n) is 10.3. The molecule has 1 aliphatic heterocycles. The molecule has 0 aromatic heterocycles. The van der Waals surface area contributed by atoms with Crippen LogP contribution >= 0.6 is 0 Å². The maximum atomic E-state index is 11.1. The van der Waals surface area contributed by atoms with Crippen molar-refractivity contribution in [2.75, 3.05) is 6.61 Å². The summed E-state index contributed by atoms with van der Waals surface area (Å²) in [7, 11) is 0. The Labute approximate surface area is 97.5 Å². The van der Waals surface area contributed by atoms with Gasteiger partial charge in [0.05, 0.1) is 18.8 Å². The number of nitrogens with two attached hydrogens (primary N) is 1. The van der Waals surface area contributed by atoms with Crippen molar-refractivity contribution in [3.63, 3.8) is 0 Å². The maximum absolute atomic E-state index is 11.1. The molecule has 0 radical (unpaired) electrons. The van der Waals surface area contributed by atoms with Crippen LogP contribution < -0.4 is 5.73 Å². The summed E-state index contributed by atoms with van der Waals surface area (Å²) in [5.41, 5.74) is 5.96. The van der Waals surface area contributed by atoms with Gasteiger partial charge in [-0.2, -0.15) is 0 Å². The standard InChI is InChI=1S/C12H23NO3/c1-3-15-12(14)7-5-10(13)8-11-6-4-9(2)16-11/h9-11H,3-8,13H2,1-2H3. The zero-order valence-corrected chi connectivity index (χ0v) is 10.3. The van der Waals surface area contributed by atoms with E-state index >= 15 is 0 Å². The summed E-state index contributed by atoms with van der Waals surface area (Å²) in [6.45, 7) is 4.34. The fourth-order valence-corrected chi connectivity index (χ4v) is 2.05. The van der Waals surface area contributed by atoms with Gasteiger partial charge in [-0.25, -0.2) is 0 Å². The lowest BCUT2D eigenvalue weighted by molar-refractivity contribution is -0.143. The molecule has 1 heterocycles. The Balaban J connectivity index is 2.11. The van der Waals surface area contributed by atoms with Crippen LogP contribution in [0.1, 0.15) is 46.0 Å². The Bertz CT molecular complexity index is 220. The number of ether oxygens (including phenoxy) is 2. The van der Waals surface area contributed by atoms with E-state index in [1.54, 1.807) is 0 Å². The lowest BCUT2D eigenvalue weighted by atomic mass is 10.0. The van der Waals surface area contributed by atoms with E-state index in [1.165, 1.54) is 0 Å². The summed E-state index contributed by atoms with van der Waals surface area (Å²) < 4.78 is 10.5. The first-order valence-corrected chi connectivity index (χ1v) is 6.18. The van der Waals surface area contributed by atoms with Gasteiger partial charge in [0, 0.05) is 12.5 Å². The topological polar surface area (TPSA) is 61.5 Å².